The van der Waals surface area contributed by atoms with Gasteiger partial charge in [0.05, 0.1) is 12.7 Å². The Morgan fingerprint density at radius 3 is 2.62 bits per heavy atom. The highest BCUT2D eigenvalue weighted by atomic mass is 16.5. The van der Waals surface area contributed by atoms with E-state index in [-0.39, 0.29) is 23.8 Å². The molecular formula is C22H26N4O3. The van der Waals surface area contributed by atoms with E-state index in [1.165, 1.54) is 0 Å². The van der Waals surface area contributed by atoms with Crippen LogP contribution in [-0.4, -0.2) is 42.6 Å². The van der Waals surface area contributed by atoms with E-state index in [9.17, 15) is 9.59 Å². The molecule has 0 bridgehead atoms. The molecule has 2 heterocycles. The van der Waals surface area contributed by atoms with Crippen LogP contribution in [0.15, 0.2) is 42.6 Å². The molecule has 7 nitrogen and oxygen atoms in total. The first kappa shape index (κ1) is 19.4. The van der Waals surface area contributed by atoms with E-state index >= 15 is 0 Å². The minimum atomic E-state index is -0.156. The highest BCUT2D eigenvalue weighted by Gasteiger charge is 2.29. The Morgan fingerprint density at radius 1 is 1.17 bits per heavy atom. The summed E-state index contributed by atoms with van der Waals surface area (Å²) < 4.78 is 5.56. The normalized spacial score (nSPS) is 18.9. The summed E-state index contributed by atoms with van der Waals surface area (Å²) in [5.74, 6) is 0.990. The number of aromatic nitrogens is 1. The fraction of sp³-hybridized carbons (Fsp3) is 0.409. The number of hydrogen-bond acceptors (Lipinski definition) is 5. The van der Waals surface area contributed by atoms with Gasteiger partial charge in [0.25, 0.3) is 5.91 Å². The molecule has 2 amide bonds. The van der Waals surface area contributed by atoms with Crippen LogP contribution >= 0.6 is 0 Å². The van der Waals surface area contributed by atoms with E-state index in [4.69, 9.17) is 4.74 Å². The van der Waals surface area contributed by atoms with E-state index in [1.54, 1.807) is 30.5 Å². The van der Waals surface area contributed by atoms with Gasteiger partial charge in [-0.1, -0.05) is 6.07 Å². The Morgan fingerprint density at radius 2 is 1.97 bits per heavy atom. The number of amides is 2. The van der Waals surface area contributed by atoms with Crippen molar-refractivity contribution in [2.75, 3.05) is 29.9 Å². The van der Waals surface area contributed by atoms with Crippen LogP contribution in [-0.2, 0) is 16.1 Å². The molecule has 2 aromatic rings. The van der Waals surface area contributed by atoms with Crippen LogP contribution in [0, 0.1) is 5.92 Å². The first-order chi connectivity index (χ1) is 14.1. The number of ether oxygens (including phenoxy) is 1. The molecule has 29 heavy (non-hydrogen) atoms. The highest BCUT2D eigenvalue weighted by molar-refractivity contribution is 5.96. The maximum absolute atomic E-state index is 12.4. The van der Waals surface area contributed by atoms with Crippen LogP contribution < -0.4 is 15.5 Å². The third-order valence-corrected chi connectivity index (χ3v) is 5.19. The molecule has 1 aromatic carbocycles. The van der Waals surface area contributed by atoms with Gasteiger partial charge in [0, 0.05) is 43.0 Å². The van der Waals surface area contributed by atoms with Gasteiger partial charge < -0.3 is 20.3 Å². The van der Waals surface area contributed by atoms with Crippen LogP contribution in [0.25, 0.3) is 0 Å². The summed E-state index contributed by atoms with van der Waals surface area (Å²) in [5, 5.41) is 5.78. The number of rotatable bonds is 6. The molecule has 1 aliphatic carbocycles. The summed E-state index contributed by atoms with van der Waals surface area (Å²) >= 11 is 0. The predicted molar refractivity (Wildman–Crippen MR) is 111 cm³/mol. The van der Waals surface area contributed by atoms with Gasteiger partial charge >= 0.3 is 0 Å². The lowest BCUT2D eigenvalue weighted by atomic mass is 10.2. The second-order valence-electron chi connectivity index (χ2n) is 7.68. The Kier molecular flexibility index (Phi) is 5.76. The lowest BCUT2D eigenvalue weighted by molar-refractivity contribution is -0.117. The topological polar surface area (TPSA) is 83.6 Å². The smallest absolute Gasteiger partial charge is 0.251 e. The van der Waals surface area contributed by atoms with Gasteiger partial charge in [0.2, 0.25) is 5.91 Å². The van der Waals surface area contributed by atoms with E-state index in [2.05, 4.69) is 27.4 Å². The van der Waals surface area contributed by atoms with Gasteiger partial charge in [-0.2, -0.15) is 0 Å². The minimum Gasteiger partial charge on any atom is -0.375 e. The Hall–Kier alpha value is -2.93. The molecule has 0 spiro atoms. The minimum absolute atomic E-state index is 0.0599. The zero-order valence-electron chi connectivity index (χ0n) is 16.6. The molecular weight excluding hydrogens is 368 g/mol. The van der Waals surface area contributed by atoms with Gasteiger partial charge in [0.1, 0.15) is 5.82 Å². The number of pyridine rings is 1. The summed E-state index contributed by atoms with van der Waals surface area (Å²) in [6, 6.07) is 10.9. The molecule has 2 aliphatic rings. The molecule has 2 fully saturated rings. The second kappa shape index (κ2) is 8.61. The summed E-state index contributed by atoms with van der Waals surface area (Å²) in [6.45, 7) is 4.85. The number of hydrogen-bond donors (Lipinski definition) is 2. The third kappa shape index (κ3) is 5.12. The molecule has 7 heteroatoms. The molecule has 1 aliphatic heterocycles. The molecule has 1 saturated heterocycles. The fourth-order valence-corrected chi connectivity index (χ4v) is 3.31. The molecule has 1 atom stereocenters. The molecule has 2 N–H and O–H groups in total. The maximum Gasteiger partial charge on any atom is 0.251 e. The average molecular weight is 394 g/mol. The second-order valence-corrected chi connectivity index (χ2v) is 7.68. The molecule has 4 rings (SSSR count). The van der Waals surface area contributed by atoms with Crippen molar-refractivity contribution in [3.05, 3.63) is 53.7 Å². The van der Waals surface area contributed by atoms with Crippen LogP contribution in [0.4, 0.5) is 11.5 Å². The van der Waals surface area contributed by atoms with Crippen molar-refractivity contribution in [3.63, 3.8) is 0 Å². The van der Waals surface area contributed by atoms with Crippen LogP contribution in [0.1, 0.15) is 35.7 Å². The summed E-state index contributed by atoms with van der Waals surface area (Å²) in [6.07, 6.45) is 3.94. The van der Waals surface area contributed by atoms with Crippen molar-refractivity contribution in [3.8, 4) is 0 Å². The number of carbonyl (C=O) groups excluding carboxylic acids is 2. The number of anilines is 2. The third-order valence-electron chi connectivity index (χ3n) is 5.19. The monoisotopic (exact) mass is 394 g/mol. The number of carbonyl (C=O) groups is 2. The van der Waals surface area contributed by atoms with Gasteiger partial charge in [-0.25, -0.2) is 4.98 Å². The zero-order chi connectivity index (χ0) is 20.2. The van der Waals surface area contributed by atoms with Gasteiger partial charge in [-0.05, 0) is 55.7 Å². The quantitative estimate of drug-likeness (QED) is 0.787. The summed E-state index contributed by atoms with van der Waals surface area (Å²) in [5.41, 5.74) is 2.22. The molecule has 1 aromatic heterocycles. The van der Waals surface area contributed by atoms with E-state index < -0.39 is 0 Å². The number of benzene rings is 1. The van der Waals surface area contributed by atoms with Crippen LogP contribution in [0.2, 0.25) is 0 Å². The summed E-state index contributed by atoms with van der Waals surface area (Å²) in [4.78, 5) is 30.9. The largest absolute Gasteiger partial charge is 0.375 e. The fourth-order valence-electron chi connectivity index (χ4n) is 3.31. The highest BCUT2D eigenvalue weighted by Crippen LogP contribution is 2.30. The number of morpholine rings is 1. The Labute approximate surface area is 170 Å². The van der Waals surface area contributed by atoms with E-state index in [1.807, 2.05) is 12.1 Å². The lowest BCUT2D eigenvalue weighted by Crippen LogP contribution is -2.41. The van der Waals surface area contributed by atoms with Crippen molar-refractivity contribution in [1.29, 1.82) is 0 Å². The van der Waals surface area contributed by atoms with Crippen molar-refractivity contribution >= 4 is 23.3 Å². The van der Waals surface area contributed by atoms with E-state index in [0.717, 1.165) is 43.0 Å². The molecule has 1 unspecified atom stereocenters. The maximum atomic E-state index is 12.4. The van der Waals surface area contributed by atoms with Crippen LogP contribution in [0.3, 0.4) is 0 Å². The van der Waals surface area contributed by atoms with Crippen molar-refractivity contribution in [2.24, 2.45) is 5.92 Å². The molecule has 152 valence electrons. The number of nitrogens with zero attached hydrogens (tertiary/aromatic N) is 2. The summed E-state index contributed by atoms with van der Waals surface area (Å²) in [7, 11) is 0. The standard InChI is InChI=1S/C22H26N4O3/c1-15-14-26(10-11-29-15)20-9-2-16(12-23-20)13-24-21(27)17-5-7-19(8-6-17)25-22(28)18-3-4-18/h2,5-9,12,15,18H,3-4,10-11,13-14H2,1H3,(H,24,27)(H,25,28). The van der Waals surface area contributed by atoms with Gasteiger partial charge in [-0.3, -0.25) is 9.59 Å². The molecule has 0 radical (unpaired) electrons. The Bertz CT molecular complexity index is 863. The van der Waals surface area contributed by atoms with E-state index in [0.29, 0.717) is 18.7 Å². The lowest BCUT2D eigenvalue weighted by Gasteiger charge is -2.32. The van der Waals surface area contributed by atoms with Gasteiger partial charge in [-0.15, -0.1) is 0 Å². The first-order valence-electron chi connectivity index (χ1n) is 10.1. The SMILES string of the molecule is CC1CN(c2ccc(CNC(=O)c3ccc(NC(=O)C4CC4)cc3)cn2)CCO1. The number of nitrogens with one attached hydrogen (secondary N) is 2. The van der Waals surface area contributed by atoms with Gasteiger partial charge in [0.15, 0.2) is 0 Å². The van der Waals surface area contributed by atoms with Crippen LogP contribution in [0.5, 0.6) is 0 Å². The first-order valence-corrected chi connectivity index (χ1v) is 10.1. The van der Waals surface area contributed by atoms with Crippen molar-refractivity contribution in [2.45, 2.75) is 32.4 Å². The van der Waals surface area contributed by atoms with Crippen molar-refractivity contribution in [1.82, 2.24) is 10.3 Å². The average Bonchev–Trinajstić information content (AvgIpc) is 3.58. The van der Waals surface area contributed by atoms with Crippen molar-refractivity contribution < 1.29 is 14.3 Å². The molecule has 1 saturated carbocycles. The predicted octanol–water partition coefficient (Wildman–Crippen LogP) is 2.59. The zero-order valence-corrected chi connectivity index (χ0v) is 16.6. The Balaban J connectivity index is 1.28.